The Labute approximate surface area is 229 Å². The van der Waals surface area contributed by atoms with Crippen molar-refractivity contribution in [2.75, 3.05) is 13.6 Å². The number of sulfonamides is 1. The molecule has 2 N–H and O–H groups in total. The van der Waals surface area contributed by atoms with Crippen molar-refractivity contribution in [3.05, 3.63) is 120 Å². The number of benzene rings is 2. The van der Waals surface area contributed by atoms with E-state index in [1.165, 1.54) is 24.8 Å². The first-order valence-electron chi connectivity index (χ1n) is 12.9. The molecule has 2 aromatic heterocycles. The van der Waals surface area contributed by atoms with Gasteiger partial charge in [-0.15, -0.1) is 0 Å². The molecule has 0 saturated carbocycles. The summed E-state index contributed by atoms with van der Waals surface area (Å²) in [5, 5.41) is 0. The summed E-state index contributed by atoms with van der Waals surface area (Å²) in [6, 6.07) is 17.6. The Balaban J connectivity index is 1.51. The normalized spacial score (nSPS) is 16.3. The molecular weight excluding hydrogens is 511 g/mol. The maximum absolute atomic E-state index is 13.9. The molecular formula is C31H31FN4O2S. The van der Waals surface area contributed by atoms with Crippen molar-refractivity contribution in [1.29, 1.82) is 0 Å². The molecule has 0 bridgehead atoms. The summed E-state index contributed by atoms with van der Waals surface area (Å²) in [5.74, 6) is -0.259. The van der Waals surface area contributed by atoms with Gasteiger partial charge in [-0.2, -0.15) is 0 Å². The minimum atomic E-state index is -3.49. The fourth-order valence-corrected chi connectivity index (χ4v) is 5.83. The standard InChI is InChI=1S/C31H31FN4O2S/c1-3-27(18-22-4-10-28(11-5-22)39(37,38)33-2)36-17-14-25(19-31(36)24-6-8-26(32)9-7-24)30-21-35-20-29(30)23-12-15-34-16-13-23/h4-16,18,20-21,31,33,35H,3,17,19H2,1-2H3. The zero-order valence-electron chi connectivity index (χ0n) is 21.9. The number of hydrogen-bond acceptors (Lipinski definition) is 4. The van der Waals surface area contributed by atoms with Crippen LogP contribution in [-0.4, -0.2) is 36.9 Å². The Morgan fingerprint density at radius 3 is 2.41 bits per heavy atom. The third-order valence-electron chi connectivity index (χ3n) is 7.18. The highest BCUT2D eigenvalue weighted by Crippen LogP contribution is 2.41. The molecule has 3 heterocycles. The first-order chi connectivity index (χ1) is 18.9. The van der Waals surface area contributed by atoms with E-state index in [4.69, 9.17) is 0 Å². The molecule has 1 aliphatic rings. The van der Waals surface area contributed by atoms with Gasteiger partial charge in [0.2, 0.25) is 10.0 Å². The van der Waals surface area contributed by atoms with E-state index in [9.17, 15) is 12.8 Å². The number of pyridine rings is 1. The summed E-state index contributed by atoms with van der Waals surface area (Å²) >= 11 is 0. The number of rotatable bonds is 8. The average molecular weight is 543 g/mol. The fraction of sp³-hybridized carbons (Fsp3) is 0.194. The van der Waals surface area contributed by atoms with Crippen molar-refractivity contribution < 1.29 is 12.8 Å². The summed E-state index contributed by atoms with van der Waals surface area (Å²) in [6.07, 6.45) is 13.5. The van der Waals surface area contributed by atoms with E-state index in [-0.39, 0.29) is 16.8 Å². The van der Waals surface area contributed by atoms with Crippen molar-refractivity contribution in [2.45, 2.75) is 30.7 Å². The van der Waals surface area contributed by atoms with Crippen LogP contribution in [0.4, 0.5) is 4.39 Å². The summed E-state index contributed by atoms with van der Waals surface area (Å²) in [6.45, 7) is 2.80. The molecule has 0 saturated heterocycles. The van der Waals surface area contributed by atoms with Crippen LogP contribution in [0.5, 0.6) is 0 Å². The number of aromatic nitrogens is 2. The maximum atomic E-state index is 13.9. The Morgan fingerprint density at radius 2 is 1.74 bits per heavy atom. The van der Waals surface area contributed by atoms with Crippen LogP contribution in [0.15, 0.2) is 102 Å². The van der Waals surface area contributed by atoms with E-state index in [1.54, 1.807) is 24.5 Å². The summed E-state index contributed by atoms with van der Waals surface area (Å²) in [5.41, 5.74) is 7.67. The van der Waals surface area contributed by atoms with Crippen molar-refractivity contribution in [1.82, 2.24) is 19.6 Å². The second-order valence-corrected chi connectivity index (χ2v) is 11.3. The number of H-pyrrole nitrogens is 1. The minimum absolute atomic E-state index is 0.000863. The average Bonchev–Trinajstić information content (AvgIpc) is 3.47. The van der Waals surface area contributed by atoms with Gasteiger partial charge >= 0.3 is 0 Å². The van der Waals surface area contributed by atoms with E-state index in [1.807, 2.05) is 48.8 Å². The quantitative estimate of drug-likeness (QED) is 0.270. The van der Waals surface area contributed by atoms with Crippen molar-refractivity contribution in [2.24, 2.45) is 0 Å². The summed E-state index contributed by atoms with van der Waals surface area (Å²) < 4.78 is 40.5. The van der Waals surface area contributed by atoms with Gasteiger partial charge in [0.25, 0.3) is 0 Å². The van der Waals surface area contributed by atoms with Crippen LogP contribution >= 0.6 is 0 Å². The number of hydrogen-bond donors (Lipinski definition) is 2. The van der Waals surface area contributed by atoms with Crippen molar-refractivity contribution in [3.63, 3.8) is 0 Å². The van der Waals surface area contributed by atoms with Gasteiger partial charge in [0.05, 0.1) is 10.9 Å². The first-order valence-corrected chi connectivity index (χ1v) is 14.4. The molecule has 0 spiro atoms. The zero-order chi connectivity index (χ0) is 27.4. The van der Waals surface area contributed by atoms with Gasteiger partial charge in [0.15, 0.2) is 0 Å². The summed E-state index contributed by atoms with van der Waals surface area (Å²) in [7, 11) is -2.09. The highest BCUT2D eigenvalue weighted by molar-refractivity contribution is 7.89. The van der Waals surface area contributed by atoms with E-state index in [0.717, 1.165) is 46.4 Å². The molecule has 8 heteroatoms. The highest BCUT2D eigenvalue weighted by Gasteiger charge is 2.28. The summed E-state index contributed by atoms with van der Waals surface area (Å²) in [4.78, 5) is 10.0. The highest BCUT2D eigenvalue weighted by atomic mass is 32.2. The second kappa shape index (κ2) is 11.4. The van der Waals surface area contributed by atoms with Gasteiger partial charge in [-0.25, -0.2) is 17.5 Å². The van der Waals surface area contributed by atoms with Crippen LogP contribution in [0.1, 0.15) is 42.5 Å². The van der Waals surface area contributed by atoms with Crippen molar-refractivity contribution in [3.8, 4) is 11.1 Å². The number of halogens is 1. The molecule has 200 valence electrons. The Morgan fingerprint density at radius 1 is 1.05 bits per heavy atom. The Bertz CT molecular complexity index is 1590. The van der Waals surface area contributed by atoms with E-state index in [2.05, 4.69) is 38.7 Å². The molecule has 0 aliphatic carbocycles. The predicted molar refractivity (Wildman–Crippen MR) is 153 cm³/mol. The van der Waals surface area contributed by atoms with Crippen LogP contribution < -0.4 is 4.72 Å². The zero-order valence-corrected chi connectivity index (χ0v) is 22.7. The van der Waals surface area contributed by atoms with Crippen LogP contribution in [0.3, 0.4) is 0 Å². The molecule has 0 fully saturated rings. The van der Waals surface area contributed by atoms with Crippen LogP contribution in [0.25, 0.3) is 22.8 Å². The monoisotopic (exact) mass is 542 g/mol. The minimum Gasteiger partial charge on any atom is -0.366 e. The SMILES string of the molecule is CCC(=Cc1ccc(S(=O)(=O)NC)cc1)N1CC=C(c2c[nH]cc2-c2ccncc2)CC1c1ccc(F)cc1. The number of allylic oxidation sites excluding steroid dienone is 1. The molecule has 4 aromatic rings. The van der Waals surface area contributed by atoms with E-state index >= 15 is 0 Å². The lowest BCUT2D eigenvalue weighted by Gasteiger charge is -2.39. The molecule has 5 rings (SSSR count). The van der Waals surface area contributed by atoms with Crippen LogP contribution in [0, 0.1) is 5.82 Å². The lowest BCUT2D eigenvalue weighted by Crippen LogP contribution is -2.31. The smallest absolute Gasteiger partial charge is 0.240 e. The number of nitrogens with zero attached hydrogens (tertiary/aromatic N) is 2. The molecule has 6 nitrogen and oxygen atoms in total. The van der Waals surface area contributed by atoms with E-state index < -0.39 is 10.0 Å². The lowest BCUT2D eigenvalue weighted by atomic mass is 9.88. The Kier molecular flexibility index (Phi) is 7.77. The maximum Gasteiger partial charge on any atom is 0.240 e. The molecule has 0 amide bonds. The third kappa shape index (κ3) is 5.72. The predicted octanol–water partition coefficient (Wildman–Crippen LogP) is 6.41. The van der Waals surface area contributed by atoms with Gasteiger partial charge < -0.3 is 9.88 Å². The molecule has 2 aromatic carbocycles. The first kappa shape index (κ1) is 26.6. The third-order valence-corrected chi connectivity index (χ3v) is 8.62. The van der Waals surface area contributed by atoms with Crippen LogP contribution in [-0.2, 0) is 10.0 Å². The topological polar surface area (TPSA) is 78.1 Å². The molecule has 1 unspecified atom stereocenters. The second-order valence-electron chi connectivity index (χ2n) is 9.44. The van der Waals surface area contributed by atoms with Crippen LogP contribution in [0.2, 0.25) is 0 Å². The Hall–Kier alpha value is -4.01. The largest absolute Gasteiger partial charge is 0.366 e. The van der Waals surface area contributed by atoms with Gasteiger partial charge in [-0.3, -0.25) is 4.98 Å². The molecule has 1 aliphatic heterocycles. The molecule has 0 radical (unpaired) electrons. The molecule has 39 heavy (non-hydrogen) atoms. The molecule has 1 atom stereocenters. The van der Waals surface area contributed by atoms with E-state index in [0.29, 0.717) is 6.54 Å². The lowest BCUT2D eigenvalue weighted by molar-refractivity contribution is 0.270. The number of nitrogens with one attached hydrogen (secondary N) is 2. The van der Waals surface area contributed by atoms with Crippen molar-refractivity contribution >= 4 is 21.7 Å². The fourth-order valence-electron chi connectivity index (χ4n) is 5.10. The van der Waals surface area contributed by atoms with Gasteiger partial charge in [0, 0.05) is 48.2 Å². The van der Waals surface area contributed by atoms with Gasteiger partial charge in [-0.05, 0) is 84.6 Å². The van der Waals surface area contributed by atoms with Gasteiger partial charge in [0.1, 0.15) is 5.82 Å². The van der Waals surface area contributed by atoms with Gasteiger partial charge in [-0.1, -0.05) is 37.3 Å². The number of aromatic amines is 1.